The number of hydrogen-bond acceptors (Lipinski definition) is 3. The number of nitrogens with zero attached hydrogens (tertiary/aromatic N) is 2. The smallest absolute Gasteiger partial charge is 0.240 e. The molecule has 0 saturated carbocycles. The van der Waals surface area contributed by atoms with E-state index in [9.17, 15) is 8.42 Å². The van der Waals surface area contributed by atoms with Crippen LogP contribution in [0.1, 0.15) is 0 Å². The van der Waals surface area contributed by atoms with Gasteiger partial charge in [-0.05, 0) is 25.2 Å². The maximum atomic E-state index is 11.5. The average molecular weight is 225 g/mol. The van der Waals surface area contributed by atoms with Gasteiger partial charge in [0.05, 0.1) is 16.6 Å². The number of rotatable bonds is 2. The molecule has 0 fully saturated rings. The zero-order valence-electron chi connectivity index (χ0n) is 8.43. The molecular weight excluding hydrogens is 214 g/mol. The molecule has 2 rings (SSSR count). The second kappa shape index (κ2) is 3.32. The lowest BCUT2D eigenvalue weighted by molar-refractivity contribution is 0.588. The number of fused-ring (bicyclic) bond motifs is 1. The molecule has 1 aromatic carbocycles. The van der Waals surface area contributed by atoms with E-state index in [0.717, 1.165) is 10.9 Å². The van der Waals surface area contributed by atoms with Gasteiger partial charge in [0.25, 0.3) is 0 Å². The Kier molecular flexibility index (Phi) is 2.24. The molecule has 1 N–H and O–H groups in total. The van der Waals surface area contributed by atoms with E-state index in [1.807, 2.05) is 7.05 Å². The van der Waals surface area contributed by atoms with Crippen LogP contribution in [0.15, 0.2) is 29.3 Å². The summed E-state index contributed by atoms with van der Waals surface area (Å²) in [7, 11) is -0.162. The molecule has 0 bridgehead atoms. The van der Waals surface area contributed by atoms with Crippen molar-refractivity contribution in [2.45, 2.75) is 4.90 Å². The standard InChI is InChI=1S/C9H11N3O2S/c1-10-15(13,14)8-3-4-9-7(5-8)6-11-12(9)2/h3-6,10H,1-2H3. The summed E-state index contributed by atoms with van der Waals surface area (Å²) in [5.41, 5.74) is 0.907. The zero-order chi connectivity index (χ0) is 11.1. The van der Waals surface area contributed by atoms with Gasteiger partial charge in [0.1, 0.15) is 0 Å². The minimum Gasteiger partial charge on any atom is -0.268 e. The second-order valence-corrected chi connectivity index (χ2v) is 5.08. The SMILES string of the molecule is CNS(=O)(=O)c1ccc2c(cnn2C)c1. The van der Waals surface area contributed by atoms with Gasteiger partial charge in [-0.3, -0.25) is 4.68 Å². The zero-order valence-corrected chi connectivity index (χ0v) is 9.25. The van der Waals surface area contributed by atoms with E-state index < -0.39 is 10.0 Å². The van der Waals surface area contributed by atoms with Crippen molar-refractivity contribution in [3.8, 4) is 0 Å². The molecule has 0 saturated heterocycles. The van der Waals surface area contributed by atoms with Crippen molar-refractivity contribution in [2.75, 3.05) is 7.05 Å². The Labute approximate surface area is 87.8 Å². The first-order valence-electron chi connectivity index (χ1n) is 4.40. The van der Waals surface area contributed by atoms with E-state index in [0.29, 0.717) is 0 Å². The average Bonchev–Trinajstić information content (AvgIpc) is 2.60. The molecule has 1 aromatic heterocycles. The van der Waals surface area contributed by atoms with Crippen molar-refractivity contribution in [1.29, 1.82) is 0 Å². The normalized spacial score (nSPS) is 12.1. The van der Waals surface area contributed by atoms with Gasteiger partial charge < -0.3 is 0 Å². The van der Waals surface area contributed by atoms with Crippen LogP contribution in [0.4, 0.5) is 0 Å². The first kappa shape index (κ1) is 10.1. The van der Waals surface area contributed by atoms with Crippen molar-refractivity contribution >= 4 is 20.9 Å². The van der Waals surface area contributed by atoms with Gasteiger partial charge in [0.15, 0.2) is 0 Å². The molecule has 0 atom stereocenters. The summed E-state index contributed by atoms with van der Waals surface area (Å²) in [6.45, 7) is 0. The number of aromatic nitrogens is 2. The number of aryl methyl sites for hydroxylation is 1. The Hall–Kier alpha value is -1.40. The molecule has 1 heterocycles. The summed E-state index contributed by atoms with van der Waals surface area (Å²) < 4.78 is 27.0. The van der Waals surface area contributed by atoms with Crippen molar-refractivity contribution in [3.05, 3.63) is 24.4 Å². The van der Waals surface area contributed by atoms with Gasteiger partial charge in [-0.25, -0.2) is 13.1 Å². The van der Waals surface area contributed by atoms with E-state index in [2.05, 4.69) is 9.82 Å². The van der Waals surface area contributed by atoms with Crippen LogP contribution in [0, 0.1) is 0 Å². The topological polar surface area (TPSA) is 64.0 Å². The largest absolute Gasteiger partial charge is 0.268 e. The minimum absolute atomic E-state index is 0.255. The van der Waals surface area contributed by atoms with E-state index in [1.165, 1.54) is 7.05 Å². The predicted molar refractivity (Wildman–Crippen MR) is 57.0 cm³/mol. The first-order valence-corrected chi connectivity index (χ1v) is 5.88. The minimum atomic E-state index is -3.37. The number of hydrogen-bond donors (Lipinski definition) is 1. The Morgan fingerprint density at radius 2 is 2.13 bits per heavy atom. The van der Waals surface area contributed by atoms with Gasteiger partial charge in [-0.2, -0.15) is 5.10 Å². The Morgan fingerprint density at radius 1 is 1.40 bits per heavy atom. The third-order valence-corrected chi connectivity index (χ3v) is 3.71. The molecule has 5 nitrogen and oxygen atoms in total. The predicted octanol–water partition coefficient (Wildman–Crippen LogP) is 0.481. The van der Waals surface area contributed by atoms with Crippen molar-refractivity contribution in [3.63, 3.8) is 0 Å². The molecule has 0 unspecified atom stereocenters. The molecule has 80 valence electrons. The van der Waals surface area contributed by atoms with Crippen LogP contribution in [0.25, 0.3) is 10.9 Å². The third kappa shape index (κ3) is 1.62. The highest BCUT2D eigenvalue weighted by Gasteiger charge is 2.12. The highest BCUT2D eigenvalue weighted by molar-refractivity contribution is 7.89. The summed E-state index contributed by atoms with van der Waals surface area (Å²) in [5, 5.41) is 4.86. The second-order valence-electron chi connectivity index (χ2n) is 3.20. The highest BCUT2D eigenvalue weighted by Crippen LogP contribution is 2.17. The Balaban J connectivity index is 2.67. The van der Waals surface area contributed by atoms with Crippen molar-refractivity contribution in [1.82, 2.24) is 14.5 Å². The van der Waals surface area contributed by atoms with Crippen LogP contribution in [-0.2, 0) is 17.1 Å². The van der Waals surface area contributed by atoms with Gasteiger partial charge >= 0.3 is 0 Å². The lowest BCUT2D eigenvalue weighted by atomic mass is 10.3. The summed E-state index contributed by atoms with van der Waals surface area (Å²) in [6, 6.07) is 4.91. The van der Waals surface area contributed by atoms with Crippen LogP contribution in [-0.4, -0.2) is 25.2 Å². The fourth-order valence-electron chi connectivity index (χ4n) is 1.43. The fourth-order valence-corrected chi connectivity index (χ4v) is 2.19. The maximum Gasteiger partial charge on any atom is 0.240 e. The van der Waals surface area contributed by atoms with Gasteiger partial charge in [-0.15, -0.1) is 0 Å². The lowest BCUT2D eigenvalue weighted by Gasteiger charge is -2.02. The molecule has 0 aliphatic rings. The Morgan fingerprint density at radius 3 is 2.80 bits per heavy atom. The van der Waals surface area contributed by atoms with Crippen LogP contribution in [0.2, 0.25) is 0 Å². The van der Waals surface area contributed by atoms with E-state index in [1.54, 1.807) is 29.1 Å². The lowest BCUT2D eigenvalue weighted by Crippen LogP contribution is -2.18. The summed E-state index contributed by atoms with van der Waals surface area (Å²) in [6.07, 6.45) is 1.64. The van der Waals surface area contributed by atoms with E-state index in [4.69, 9.17) is 0 Å². The van der Waals surface area contributed by atoms with E-state index >= 15 is 0 Å². The fraction of sp³-hybridized carbons (Fsp3) is 0.222. The molecule has 0 amide bonds. The first-order chi connectivity index (χ1) is 7.04. The third-order valence-electron chi connectivity index (χ3n) is 2.30. The molecule has 0 spiro atoms. The molecule has 15 heavy (non-hydrogen) atoms. The number of benzene rings is 1. The number of sulfonamides is 1. The number of nitrogens with one attached hydrogen (secondary N) is 1. The highest BCUT2D eigenvalue weighted by atomic mass is 32.2. The van der Waals surface area contributed by atoms with Crippen LogP contribution >= 0.6 is 0 Å². The molecule has 0 aliphatic heterocycles. The summed E-state index contributed by atoms with van der Waals surface area (Å²) >= 11 is 0. The van der Waals surface area contributed by atoms with Crippen molar-refractivity contribution in [2.24, 2.45) is 7.05 Å². The van der Waals surface area contributed by atoms with Crippen molar-refractivity contribution < 1.29 is 8.42 Å². The monoisotopic (exact) mass is 225 g/mol. The van der Waals surface area contributed by atoms with Gasteiger partial charge in [-0.1, -0.05) is 0 Å². The summed E-state index contributed by atoms with van der Waals surface area (Å²) in [4.78, 5) is 0.255. The van der Waals surface area contributed by atoms with Gasteiger partial charge in [0, 0.05) is 12.4 Å². The van der Waals surface area contributed by atoms with E-state index in [-0.39, 0.29) is 4.90 Å². The molecule has 6 heteroatoms. The Bertz CT molecular complexity index is 601. The van der Waals surface area contributed by atoms with Crippen LogP contribution in [0.5, 0.6) is 0 Å². The molecule has 2 aromatic rings. The van der Waals surface area contributed by atoms with Crippen LogP contribution < -0.4 is 4.72 Å². The molecule has 0 radical (unpaired) electrons. The van der Waals surface area contributed by atoms with Gasteiger partial charge in [0.2, 0.25) is 10.0 Å². The quantitative estimate of drug-likeness (QED) is 0.808. The molecule has 0 aliphatic carbocycles. The summed E-state index contributed by atoms with van der Waals surface area (Å²) in [5.74, 6) is 0. The van der Waals surface area contributed by atoms with Crippen LogP contribution in [0.3, 0.4) is 0 Å². The maximum absolute atomic E-state index is 11.5. The molecular formula is C9H11N3O2S.